The second-order valence-electron chi connectivity index (χ2n) is 9.28. The topological polar surface area (TPSA) is 75.9 Å². The second-order valence-corrected chi connectivity index (χ2v) is 9.28. The molecule has 1 aromatic heterocycles. The van der Waals surface area contributed by atoms with Crippen LogP contribution in [0.5, 0.6) is 0 Å². The van der Waals surface area contributed by atoms with E-state index >= 15 is 0 Å². The van der Waals surface area contributed by atoms with Gasteiger partial charge >= 0.3 is 0 Å². The maximum absolute atomic E-state index is 13.2. The van der Waals surface area contributed by atoms with E-state index in [2.05, 4.69) is 25.9 Å². The molecule has 2 saturated heterocycles. The lowest BCUT2D eigenvalue weighted by molar-refractivity contribution is -0.143. The zero-order chi connectivity index (χ0) is 19.6. The number of aryl methyl sites for hydroxylation is 1. The molecule has 27 heavy (non-hydrogen) atoms. The molecular weight excluding hydrogens is 346 g/mol. The highest BCUT2D eigenvalue weighted by atomic mass is 16.5. The molecule has 4 heterocycles. The predicted molar refractivity (Wildman–Crippen MR) is 97.5 cm³/mol. The maximum Gasteiger partial charge on any atom is 0.230 e. The van der Waals surface area contributed by atoms with Crippen LogP contribution in [0.3, 0.4) is 0 Å². The minimum atomic E-state index is -0.656. The van der Waals surface area contributed by atoms with Crippen molar-refractivity contribution >= 4 is 11.8 Å². The molecule has 0 aromatic carbocycles. The average molecular weight is 373 g/mol. The summed E-state index contributed by atoms with van der Waals surface area (Å²) in [6, 6.07) is 1.81. The molecule has 3 aliphatic heterocycles. The third-order valence-corrected chi connectivity index (χ3v) is 5.58. The molecule has 0 N–H and O–H groups in total. The van der Waals surface area contributed by atoms with Crippen LogP contribution < -0.4 is 0 Å². The van der Waals surface area contributed by atoms with Crippen LogP contribution in [0, 0.1) is 24.2 Å². The quantitative estimate of drug-likeness (QED) is 0.752. The second kappa shape index (κ2) is 5.92. The molecule has 146 valence electrons. The Bertz CT molecular complexity index is 808. The molecule has 2 amide bonds. The summed E-state index contributed by atoms with van der Waals surface area (Å²) in [5.74, 6) is -0.359. The number of carbonyl (C=O) groups excluding carboxylic acids is 2. The lowest BCUT2D eigenvalue weighted by Crippen LogP contribution is -2.44. The molecule has 0 aliphatic carbocycles. The van der Waals surface area contributed by atoms with Gasteiger partial charge in [0, 0.05) is 19.7 Å². The monoisotopic (exact) mass is 373 g/mol. The zero-order valence-electron chi connectivity index (χ0n) is 16.6. The normalized spacial score (nSPS) is 31.7. The Labute approximate surface area is 159 Å². The van der Waals surface area contributed by atoms with Crippen LogP contribution in [-0.2, 0) is 20.9 Å². The van der Waals surface area contributed by atoms with Gasteiger partial charge < -0.3 is 19.1 Å². The summed E-state index contributed by atoms with van der Waals surface area (Å²) < 4.78 is 11.4. The van der Waals surface area contributed by atoms with E-state index in [0.717, 1.165) is 5.69 Å². The van der Waals surface area contributed by atoms with Crippen molar-refractivity contribution in [2.24, 2.45) is 17.3 Å². The Morgan fingerprint density at radius 3 is 2.81 bits per heavy atom. The van der Waals surface area contributed by atoms with E-state index in [9.17, 15) is 9.59 Å². The summed E-state index contributed by atoms with van der Waals surface area (Å²) in [7, 11) is 1.73. The number of carbonyl (C=O) groups is 2. The van der Waals surface area contributed by atoms with E-state index < -0.39 is 17.4 Å². The van der Waals surface area contributed by atoms with Crippen LogP contribution in [0.4, 0.5) is 0 Å². The Balaban J connectivity index is 1.54. The lowest BCUT2D eigenvalue weighted by Gasteiger charge is -2.29. The van der Waals surface area contributed by atoms with E-state index in [1.54, 1.807) is 11.9 Å². The summed E-state index contributed by atoms with van der Waals surface area (Å²) in [4.78, 5) is 29.8. The van der Waals surface area contributed by atoms with Gasteiger partial charge in [-0.05, 0) is 12.3 Å². The molecule has 2 bridgehead atoms. The predicted octanol–water partition coefficient (Wildman–Crippen LogP) is 1.77. The zero-order valence-corrected chi connectivity index (χ0v) is 16.6. The largest absolute Gasteiger partial charge is 0.360 e. The summed E-state index contributed by atoms with van der Waals surface area (Å²) in [6.07, 6.45) is 3.61. The van der Waals surface area contributed by atoms with E-state index in [1.807, 2.05) is 30.0 Å². The van der Waals surface area contributed by atoms with Crippen LogP contribution >= 0.6 is 0 Å². The Kier molecular flexibility index (Phi) is 4.00. The molecule has 1 aromatic rings. The van der Waals surface area contributed by atoms with Gasteiger partial charge in [-0.2, -0.15) is 0 Å². The number of rotatable bonds is 4. The van der Waals surface area contributed by atoms with Gasteiger partial charge in [-0.3, -0.25) is 9.59 Å². The van der Waals surface area contributed by atoms with Crippen molar-refractivity contribution in [3.8, 4) is 0 Å². The van der Waals surface area contributed by atoms with Gasteiger partial charge in [-0.1, -0.05) is 38.1 Å². The Morgan fingerprint density at radius 2 is 2.19 bits per heavy atom. The summed E-state index contributed by atoms with van der Waals surface area (Å²) in [6.45, 7) is 9.66. The van der Waals surface area contributed by atoms with Gasteiger partial charge in [0.2, 0.25) is 11.8 Å². The molecule has 2 unspecified atom stereocenters. The maximum atomic E-state index is 13.2. The number of ether oxygens (including phenoxy) is 1. The minimum Gasteiger partial charge on any atom is -0.360 e. The molecule has 1 spiro atoms. The van der Waals surface area contributed by atoms with Crippen molar-refractivity contribution in [1.29, 1.82) is 0 Å². The molecule has 2 fully saturated rings. The first kappa shape index (κ1) is 18.2. The average Bonchev–Trinajstić information content (AvgIpc) is 3.28. The fourth-order valence-corrected chi connectivity index (χ4v) is 4.62. The van der Waals surface area contributed by atoms with Crippen LogP contribution in [0.2, 0.25) is 0 Å². The van der Waals surface area contributed by atoms with Gasteiger partial charge in [0.25, 0.3) is 0 Å². The van der Waals surface area contributed by atoms with Crippen molar-refractivity contribution in [2.75, 3.05) is 20.1 Å². The number of likely N-dealkylation sites (tertiary alicyclic amines) is 1. The lowest BCUT2D eigenvalue weighted by atomic mass is 9.76. The molecule has 4 atom stereocenters. The third-order valence-electron chi connectivity index (χ3n) is 5.58. The van der Waals surface area contributed by atoms with Crippen LogP contribution in [0.25, 0.3) is 0 Å². The molecule has 0 radical (unpaired) electrons. The van der Waals surface area contributed by atoms with Crippen LogP contribution in [0.15, 0.2) is 22.7 Å². The van der Waals surface area contributed by atoms with Gasteiger partial charge in [0.15, 0.2) is 5.76 Å². The van der Waals surface area contributed by atoms with Gasteiger partial charge in [0.05, 0.1) is 36.7 Å². The van der Waals surface area contributed by atoms with Gasteiger partial charge in [0.1, 0.15) is 5.60 Å². The molecular formula is C20H27N3O4. The van der Waals surface area contributed by atoms with Crippen molar-refractivity contribution < 1.29 is 18.8 Å². The van der Waals surface area contributed by atoms with Gasteiger partial charge in [-0.25, -0.2) is 0 Å². The highest BCUT2D eigenvalue weighted by molar-refractivity contribution is 5.93. The minimum absolute atomic E-state index is 0.00684. The Morgan fingerprint density at radius 1 is 1.44 bits per heavy atom. The van der Waals surface area contributed by atoms with Crippen LogP contribution in [0.1, 0.15) is 32.2 Å². The number of hydrogen-bond acceptors (Lipinski definition) is 5. The first-order valence-electron chi connectivity index (χ1n) is 9.43. The van der Waals surface area contributed by atoms with E-state index in [4.69, 9.17) is 9.26 Å². The van der Waals surface area contributed by atoms with Crippen LogP contribution in [-0.4, -0.2) is 58.6 Å². The van der Waals surface area contributed by atoms with E-state index in [-0.39, 0.29) is 23.3 Å². The fourth-order valence-electron chi connectivity index (χ4n) is 4.62. The fraction of sp³-hybridized carbons (Fsp3) is 0.650. The number of aromatic nitrogens is 1. The van der Waals surface area contributed by atoms with Crippen molar-refractivity contribution in [1.82, 2.24) is 15.0 Å². The molecule has 3 aliphatic rings. The van der Waals surface area contributed by atoms with Crippen molar-refractivity contribution in [3.63, 3.8) is 0 Å². The summed E-state index contributed by atoms with van der Waals surface area (Å²) in [5, 5.41) is 3.86. The van der Waals surface area contributed by atoms with Gasteiger partial charge in [-0.15, -0.1) is 0 Å². The molecule has 7 heteroatoms. The standard InChI is InChI=1S/C20H27N3O4/c1-12-8-13(27-21-12)9-22(5)17(24)15-14-6-7-20(26-14)11-23(10-19(2,3)4)18(25)16(15)20/h6-8,14-16H,9-11H2,1-5H3/t14-,15?,16?,20-/m0/s1. The highest BCUT2D eigenvalue weighted by Gasteiger charge is 2.67. The van der Waals surface area contributed by atoms with Crippen molar-refractivity contribution in [2.45, 2.75) is 45.9 Å². The summed E-state index contributed by atoms with van der Waals surface area (Å²) >= 11 is 0. The van der Waals surface area contributed by atoms with E-state index in [1.165, 1.54) is 0 Å². The third kappa shape index (κ3) is 2.98. The first-order valence-corrected chi connectivity index (χ1v) is 9.43. The molecule has 0 saturated carbocycles. The van der Waals surface area contributed by atoms with E-state index in [0.29, 0.717) is 25.4 Å². The molecule has 4 rings (SSSR count). The highest BCUT2D eigenvalue weighted by Crippen LogP contribution is 2.52. The molecule has 7 nitrogen and oxygen atoms in total. The number of nitrogens with zero attached hydrogens (tertiary/aromatic N) is 3. The Hall–Kier alpha value is -2.15. The SMILES string of the molecule is Cc1cc(CN(C)C(=O)C2C3C(=O)N(CC(C)(C)C)C[C@@]34C=C[C@@H]2O4)on1. The van der Waals surface area contributed by atoms with Crippen molar-refractivity contribution in [3.05, 3.63) is 29.7 Å². The first-order chi connectivity index (χ1) is 12.6. The number of hydrogen-bond donors (Lipinski definition) is 0. The smallest absolute Gasteiger partial charge is 0.230 e. The summed E-state index contributed by atoms with van der Waals surface area (Å²) in [5.41, 5.74) is 0.115. The number of amides is 2. The number of fused-ring (bicyclic) bond motifs is 1.